The molecule has 0 atom stereocenters. The van der Waals surface area contributed by atoms with Gasteiger partial charge in [0.25, 0.3) is 5.91 Å². The maximum Gasteiger partial charge on any atom is 0.360 e. The summed E-state index contributed by atoms with van der Waals surface area (Å²) in [5.74, 6) is -0.0773. The van der Waals surface area contributed by atoms with Crippen LogP contribution in [0.1, 0.15) is 37.5 Å². The minimum absolute atomic E-state index is 0.0574. The zero-order valence-corrected chi connectivity index (χ0v) is 16.9. The summed E-state index contributed by atoms with van der Waals surface area (Å²) in [6.45, 7) is 4.43. The Labute approximate surface area is 169 Å². The lowest BCUT2D eigenvalue weighted by Gasteiger charge is -2.12. The van der Waals surface area contributed by atoms with E-state index in [0.717, 1.165) is 22.4 Å². The van der Waals surface area contributed by atoms with Gasteiger partial charge >= 0.3 is 5.97 Å². The fourth-order valence-electron chi connectivity index (χ4n) is 2.96. The first kappa shape index (κ1) is 20.1. The lowest BCUT2D eigenvalue weighted by atomic mass is 10.1. The van der Waals surface area contributed by atoms with E-state index < -0.39 is 5.97 Å². The van der Waals surface area contributed by atoms with Crippen molar-refractivity contribution in [2.45, 2.75) is 20.5 Å². The van der Waals surface area contributed by atoms with Crippen LogP contribution in [0.25, 0.3) is 0 Å². The second-order valence-corrected chi connectivity index (χ2v) is 6.72. The van der Waals surface area contributed by atoms with Crippen LogP contribution >= 0.6 is 0 Å². The van der Waals surface area contributed by atoms with Gasteiger partial charge in [-0.25, -0.2) is 4.79 Å². The summed E-state index contributed by atoms with van der Waals surface area (Å²) >= 11 is 0. The van der Waals surface area contributed by atoms with Crippen LogP contribution in [0.15, 0.2) is 48.7 Å². The smallest absolute Gasteiger partial charge is 0.360 e. The number of hydrogen-bond donors (Lipinski definition) is 1. The molecular formula is C22H23N3O4. The topological polar surface area (TPSA) is 82.5 Å². The number of methoxy groups -OCH3 is 1. The molecule has 7 heteroatoms. The highest BCUT2D eigenvalue weighted by Gasteiger charge is 2.19. The van der Waals surface area contributed by atoms with E-state index in [1.54, 1.807) is 25.4 Å². The molecule has 150 valence electrons. The molecule has 0 unspecified atom stereocenters. The maximum atomic E-state index is 12.5. The molecule has 7 nitrogen and oxygen atoms in total. The third-order valence-electron chi connectivity index (χ3n) is 4.46. The molecule has 0 aliphatic rings. The van der Waals surface area contributed by atoms with Gasteiger partial charge in [0.15, 0.2) is 5.69 Å². The quantitative estimate of drug-likeness (QED) is 0.647. The summed E-state index contributed by atoms with van der Waals surface area (Å²) < 4.78 is 12.1. The van der Waals surface area contributed by atoms with Crippen molar-refractivity contribution < 1.29 is 19.1 Å². The summed E-state index contributed by atoms with van der Waals surface area (Å²) in [7, 11) is 2.93. The number of carbonyl (C=O) groups excluding carboxylic acids is 2. The number of aryl methyl sites for hydroxylation is 3. The van der Waals surface area contributed by atoms with Gasteiger partial charge in [0.05, 0.1) is 12.8 Å². The highest BCUT2D eigenvalue weighted by molar-refractivity contribution is 6.07. The van der Waals surface area contributed by atoms with Crippen LogP contribution < -0.4 is 10.1 Å². The van der Waals surface area contributed by atoms with Gasteiger partial charge < -0.3 is 14.8 Å². The monoisotopic (exact) mass is 393 g/mol. The molecule has 1 aromatic heterocycles. The number of amides is 1. The Morgan fingerprint density at radius 1 is 1.07 bits per heavy atom. The highest BCUT2D eigenvalue weighted by Crippen LogP contribution is 2.23. The van der Waals surface area contributed by atoms with E-state index in [1.807, 2.05) is 44.2 Å². The number of carbonyl (C=O) groups is 2. The second-order valence-electron chi connectivity index (χ2n) is 6.72. The first-order valence-corrected chi connectivity index (χ1v) is 9.10. The average molecular weight is 393 g/mol. The molecule has 1 heterocycles. The molecule has 0 radical (unpaired) electrons. The number of rotatable bonds is 6. The molecule has 0 bridgehead atoms. The van der Waals surface area contributed by atoms with Gasteiger partial charge in [-0.3, -0.25) is 9.48 Å². The second kappa shape index (κ2) is 8.60. The van der Waals surface area contributed by atoms with Crippen molar-refractivity contribution in [1.82, 2.24) is 9.78 Å². The number of aromatic nitrogens is 2. The molecule has 0 aliphatic heterocycles. The normalized spacial score (nSPS) is 10.5. The standard InChI is InChI=1S/C22H23N3O4/c1-14-6-5-7-15(2)20(14)29-13-16-8-10-17(11-9-16)21(26)23-18-12-25(3)24-19(18)22(27)28-4/h5-12H,13H2,1-4H3,(H,23,26). The first-order valence-electron chi connectivity index (χ1n) is 9.10. The minimum Gasteiger partial charge on any atom is -0.488 e. The van der Waals surface area contributed by atoms with Crippen molar-refractivity contribution in [3.05, 3.63) is 76.6 Å². The van der Waals surface area contributed by atoms with Crippen molar-refractivity contribution in [1.29, 1.82) is 0 Å². The number of nitrogens with zero attached hydrogens (tertiary/aromatic N) is 2. The molecule has 3 rings (SSSR count). The molecule has 0 saturated carbocycles. The number of para-hydroxylation sites is 1. The molecule has 3 aromatic rings. The zero-order chi connectivity index (χ0) is 21.0. The Hall–Kier alpha value is -3.61. The molecule has 2 aromatic carbocycles. The van der Waals surface area contributed by atoms with Gasteiger partial charge in [0, 0.05) is 18.8 Å². The van der Waals surface area contributed by atoms with Gasteiger partial charge in [-0.05, 0) is 42.7 Å². The van der Waals surface area contributed by atoms with Gasteiger partial charge in [-0.15, -0.1) is 0 Å². The molecule has 0 fully saturated rings. The Bertz CT molecular complexity index is 1020. The fourth-order valence-corrected chi connectivity index (χ4v) is 2.96. The average Bonchev–Trinajstić information content (AvgIpc) is 3.07. The van der Waals surface area contributed by atoms with Crippen LogP contribution in [-0.2, 0) is 18.4 Å². The molecule has 1 amide bonds. The molecule has 0 spiro atoms. The van der Waals surface area contributed by atoms with Gasteiger partial charge in [0.2, 0.25) is 0 Å². The predicted octanol–water partition coefficient (Wildman–Crippen LogP) is 3.65. The number of anilines is 1. The van der Waals surface area contributed by atoms with Crippen LogP contribution in [-0.4, -0.2) is 28.8 Å². The number of esters is 1. The van der Waals surface area contributed by atoms with E-state index >= 15 is 0 Å². The van der Waals surface area contributed by atoms with Crippen molar-refractivity contribution >= 4 is 17.6 Å². The van der Waals surface area contributed by atoms with Crippen LogP contribution in [0.5, 0.6) is 5.75 Å². The van der Waals surface area contributed by atoms with E-state index in [1.165, 1.54) is 11.8 Å². The van der Waals surface area contributed by atoms with Crippen LogP contribution in [0.4, 0.5) is 5.69 Å². The van der Waals surface area contributed by atoms with Crippen LogP contribution in [0.2, 0.25) is 0 Å². The summed E-state index contributed by atoms with van der Waals surface area (Å²) in [6, 6.07) is 13.1. The van der Waals surface area contributed by atoms with E-state index in [9.17, 15) is 9.59 Å². The van der Waals surface area contributed by atoms with E-state index in [2.05, 4.69) is 10.4 Å². The summed E-state index contributed by atoms with van der Waals surface area (Å²) in [5.41, 5.74) is 3.92. The zero-order valence-electron chi connectivity index (χ0n) is 16.9. The molecule has 0 aliphatic carbocycles. The molecular weight excluding hydrogens is 370 g/mol. The van der Waals surface area contributed by atoms with Crippen molar-refractivity contribution in [3.8, 4) is 5.75 Å². The lowest BCUT2D eigenvalue weighted by Crippen LogP contribution is -2.14. The maximum absolute atomic E-state index is 12.5. The Balaban J connectivity index is 1.67. The third-order valence-corrected chi connectivity index (χ3v) is 4.46. The van der Waals surface area contributed by atoms with Crippen LogP contribution in [0, 0.1) is 13.8 Å². The van der Waals surface area contributed by atoms with E-state index in [-0.39, 0.29) is 11.6 Å². The third kappa shape index (κ3) is 4.63. The summed E-state index contributed by atoms with van der Waals surface area (Å²) in [5, 5.41) is 6.72. The summed E-state index contributed by atoms with van der Waals surface area (Å²) in [4.78, 5) is 24.3. The van der Waals surface area contributed by atoms with Gasteiger partial charge in [-0.2, -0.15) is 5.10 Å². The number of ether oxygens (including phenoxy) is 2. The van der Waals surface area contributed by atoms with E-state index in [4.69, 9.17) is 9.47 Å². The van der Waals surface area contributed by atoms with Gasteiger partial charge in [-0.1, -0.05) is 30.3 Å². The van der Waals surface area contributed by atoms with Crippen molar-refractivity contribution in [2.75, 3.05) is 12.4 Å². The number of nitrogens with one attached hydrogen (secondary N) is 1. The Morgan fingerprint density at radius 3 is 2.34 bits per heavy atom. The van der Waals surface area contributed by atoms with Crippen molar-refractivity contribution in [3.63, 3.8) is 0 Å². The summed E-state index contributed by atoms with van der Waals surface area (Å²) in [6.07, 6.45) is 1.55. The number of hydrogen-bond acceptors (Lipinski definition) is 5. The highest BCUT2D eigenvalue weighted by atomic mass is 16.5. The molecule has 1 N–H and O–H groups in total. The van der Waals surface area contributed by atoms with E-state index in [0.29, 0.717) is 17.9 Å². The van der Waals surface area contributed by atoms with Crippen LogP contribution in [0.3, 0.4) is 0 Å². The van der Waals surface area contributed by atoms with Gasteiger partial charge in [0.1, 0.15) is 12.4 Å². The Morgan fingerprint density at radius 2 is 1.72 bits per heavy atom. The predicted molar refractivity (Wildman–Crippen MR) is 109 cm³/mol. The minimum atomic E-state index is -0.611. The first-order chi connectivity index (χ1) is 13.9. The van der Waals surface area contributed by atoms with Crippen molar-refractivity contribution in [2.24, 2.45) is 7.05 Å². The molecule has 0 saturated heterocycles. The number of benzene rings is 2. The molecule has 29 heavy (non-hydrogen) atoms. The SMILES string of the molecule is COC(=O)c1nn(C)cc1NC(=O)c1ccc(COc2c(C)cccc2C)cc1. The Kier molecular flexibility index (Phi) is 5.97. The lowest BCUT2D eigenvalue weighted by molar-refractivity contribution is 0.0594. The fraction of sp³-hybridized carbons (Fsp3) is 0.227. The largest absolute Gasteiger partial charge is 0.488 e.